The van der Waals surface area contributed by atoms with Gasteiger partial charge < -0.3 is 21.4 Å². The summed E-state index contributed by atoms with van der Waals surface area (Å²) in [4.78, 5) is 22.3. The van der Waals surface area contributed by atoms with Gasteiger partial charge in [0.05, 0.1) is 23.6 Å². The molecule has 1 aliphatic carbocycles. The number of carbonyl (C=O) groups excluding carboxylic acids is 1. The summed E-state index contributed by atoms with van der Waals surface area (Å²) in [5.41, 5.74) is 10.7. The van der Waals surface area contributed by atoms with E-state index in [4.69, 9.17) is 20.8 Å². The lowest BCUT2D eigenvalue weighted by Gasteiger charge is -2.30. The second-order valence-corrected chi connectivity index (χ2v) is 11.2. The molecule has 5 N–H and O–H groups in total. The molecule has 1 atom stereocenters. The summed E-state index contributed by atoms with van der Waals surface area (Å²) in [6, 6.07) is 15.4. The Balaban J connectivity index is 0.000000821. The average molecular weight is 622 g/mol. The van der Waals surface area contributed by atoms with Crippen molar-refractivity contribution in [3.63, 3.8) is 0 Å². The molecule has 0 bridgehead atoms. The van der Waals surface area contributed by atoms with Gasteiger partial charge in [-0.2, -0.15) is 22.7 Å². The average Bonchev–Trinajstić information content (AvgIpc) is 2.94. The molecule has 11 nitrogen and oxygen atoms in total. The molecule has 0 spiro atoms. The van der Waals surface area contributed by atoms with Crippen LogP contribution in [0, 0.1) is 11.3 Å². The highest BCUT2D eigenvalue weighted by Gasteiger charge is 2.38. The third-order valence-electron chi connectivity index (χ3n) is 6.41. The van der Waals surface area contributed by atoms with E-state index in [-0.39, 0.29) is 19.4 Å². The molecule has 0 aromatic heterocycles. The normalized spacial score (nSPS) is 15.2. The van der Waals surface area contributed by atoms with E-state index in [1.54, 1.807) is 56.3 Å². The molecule has 0 saturated heterocycles. The molecular formula is C28H30F3N5O6S. The Morgan fingerprint density at radius 1 is 1.19 bits per heavy atom. The van der Waals surface area contributed by atoms with Crippen LogP contribution in [0.5, 0.6) is 0 Å². The largest absolute Gasteiger partial charge is 0.490 e. The number of nitrogens with two attached hydrogens (primary N) is 1. The Morgan fingerprint density at radius 2 is 1.77 bits per heavy atom. The van der Waals surface area contributed by atoms with Gasteiger partial charge in [0, 0.05) is 18.7 Å². The molecule has 230 valence electrons. The predicted molar refractivity (Wildman–Crippen MR) is 153 cm³/mol. The zero-order valence-corrected chi connectivity index (χ0v) is 24.2. The number of alkyl halides is 3. The zero-order chi connectivity index (χ0) is 32.5. The van der Waals surface area contributed by atoms with Crippen molar-refractivity contribution in [3.05, 3.63) is 77.0 Å². The van der Waals surface area contributed by atoms with Gasteiger partial charge in [-0.25, -0.2) is 13.2 Å². The highest BCUT2D eigenvalue weighted by molar-refractivity contribution is 7.88. The van der Waals surface area contributed by atoms with Crippen LogP contribution in [0.15, 0.2) is 76.6 Å². The van der Waals surface area contributed by atoms with Crippen molar-refractivity contribution >= 4 is 33.3 Å². The lowest BCUT2D eigenvalue weighted by atomic mass is 9.90. The third kappa shape index (κ3) is 9.15. The Kier molecular flexibility index (Phi) is 11.6. The quantitative estimate of drug-likeness (QED) is 0.249. The van der Waals surface area contributed by atoms with Gasteiger partial charge in [0.15, 0.2) is 0 Å². The number of oxime groups is 1. The van der Waals surface area contributed by atoms with E-state index in [1.807, 2.05) is 12.1 Å². The second-order valence-electron chi connectivity index (χ2n) is 9.23. The maximum Gasteiger partial charge on any atom is 0.490 e. The van der Waals surface area contributed by atoms with Gasteiger partial charge in [-0.1, -0.05) is 48.5 Å². The van der Waals surface area contributed by atoms with Crippen molar-refractivity contribution in [1.29, 1.82) is 5.26 Å². The molecule has 15 heteroatoms. The van der Waals surface area contributed by atoms with Crippen molar-refractivity contribution in [2.75, 3.05) is 18.1 Å². The van der Waals surface area contributed by atoms with Gasteiger partial charge in [-0.05, 0) is 53.8 Å². The van der Waals surface area contributed by atoms with E-state index in [0.29, 0.717) is 33.8 Å². The maximum absolute atomic E-state index is 13.4. The van der Waals surface area contributed by atoms with Crippen molar-refractivity contribution in [2.45, 2.75) is 38.9 Å². The number of rotatable bonds is 8. The number of carbonyl (C=O) groups is 2. The van der Waals surface area contributed by atoms with Crippen LogP contribution in [-0.2, 0) is 19.6 Å². The summed E-state index contributed by atoms with van der Waals surface area (Å²) in [5.74, 6) is -3.24. The smallest absolute Gasteiger partial charge is 0.475 e. The van der Waals surface area contributed by atoms with Gasteiger partial charge in [0.1, 0.15) is 11.8 Å². The van der Waals surface area contributed by atoms with Crippen LogP contribution in [0.25, 0.3) is 11.1 Å². The minimum atomic E-state index is -5.08. The third-order valence-corrected chi connectivity index (χ3v) is 7.78. The van der Waals surface area contributed by atoms with Crippen LogP contribution in [0.3, 0.4) is 0 Å². The van der Waals surface area contributed by atoms with Crippen LogP contribution >= 0.6 is 0 Å². The van der Waals surface area contributed by atoms with E-state index in [1.165, 1.54) is 0 Å². The number of halogens is 3. The highest BCUT2D eigenvalue weighted by Crippen LogP contribution is 2.28. The molecule has 0 aliphatic heterocycles. The van der Waals surface area contributed by atoms with E-state index in [0.717, 1.165) is 21.7 Å². The van der Waals surface area contributed by atoms with Crippen molar-refractivity contribution < 1.29 is 41.5 Å². The molecule has 1 amide bonds. The van der Waals surface area contributed by atoms with Crippen LogP contribution in [0.1, 0.15) is 32.3 Å². The van der Waals surface area contributed by atoms with Crippen LogP contribution in [-0.4, -0.2) is 65.6 Å². The van der Waals surface area contributed by atoms with Gasteiger partial charge in [0.2, 0.25) is 15.9 Å². The number of nitrogens with one attached hydrogen (secondary N) is 1. The molecule has 0 unspecified atom stereocenters. The number of sulfonamides is 1. The van der Waals surface area contributed by atoms with E-state index in [2.05, 4.69) is 16.5 Å². The molecule has 2 aromatic carbocycles. The lowest BCUT2D eigenvalue weighted by Crippen LogP contribution is -2.47. The Labute approximate surface area is 246 Å². The summed E-state index contributed by atoms with van der Waals surface area (Å²) in [6.45, 7) is 3.52. The number of carboxylic acids is 1. The standard InChI is InChI=1S/C26H29N5O4S.C2HF3O2/c1-4-31(36(3,34)35)24(15-19-11-14-23(30-33)25(28)17(19)2)26(32)29-21-12-9-18(10-13-21)22-8-6-5-7-20(22)16-27;3-2(4,5)1(6)7/h5-13,24,33H,4,14-15,28H2,1-3H3,(H,29,32);(H,6,7)/t24-;/m0./s1. The zero-order valence-electron chi connectivity index (χ0n) is 23.4. The van der Waals surface area contributed by atoms with E-state index < -0.39 is 34.1 Å². The first-order valence-electron chi connectivity index (χ1n) is 12.6. The Bertz CT molecular complexity index is 1590. The molecule has 2 aromatic rings. The number of nitriles is 1. The molecule has 0 radical (unpaired) electrons. The van der Waals surface area contributed by atoms with E-state index >= 15 is 0 Å². The molecule has 3 rings (SSSR count). The number of carboxylic acid groups (broad SMARTS) is 1. The fourth-order valence-electron chi connectivity index (χ4n) is 4.21. The van der Waals surface area contributed by atoms with Gasteiger partial charge in [-0.15, -0.1) is 0 Å². The number of anilines is 1. The van der Waals surface area contributed by atoms with Crippen molar-refractivity contribution in [2.24, 2.45) is 10.9 Å². The Hall–Kier alpha value is -4.68. The number of hydrogen-bond acceptors (Lipinski definition) is 8. The summed E-state index contributed by atoms with van der Waals surface area (Å²) >= 11 is 0. The van der Waals surface area contributed by atoms with Crippen LogP contribution < -0.4 is 11.1 Å². The first-order chi connectivity index (χ1) is 20.0. The molecular weight excluding hydrogens is 591 g/mol. The minimum absolute atomic E-state index is 0.103. The van der Waals surface area contributed by atoms with Gasteiger partial charge in [-0.3, -0.25) is 4.79 Å². The Morgan fingerprint density at radius 3 is 2.26 bits per heavy atom. The van der Waals surface area contributed by atoms with Crippen LogP contribution in [0.2, 0.25) is 0 Å². The van der Waals surface area contributed by atoms with Crippen LogP contribution in [0.4, 0.5) is 18.9 Å². The summed E-state index contributed by atoms with van der Waals surface area (Å²) < 4.78 is 57.9. The predicted octanol–water partition coefficient (Wildman–Crippen LogP) is 4.23. The van der Waals surface area contributed by atoms with Crippen molar-refractivity contribution in [1.82, 2.24) is 4.31 Å². The first kappa shape index (κ1) is 34.5. The van der Waals surface area contributed by atoms with Gasteiger partial charge in [0.25, 0.3) is 0 Å². The number of amides is 1. The number of benzene rings is 2. The van der Waals surface area contributed by atoms with Crippen molar-refractivity contribution in [3.8, 4) is 17.2 Å². The summed E-state index contributed by atoms with van der Waals surface area (Å²) in [6.07, 6.45) is -1.84. The SMILES string of the molecule is CCN([C@@H](CC1=CCC(=NO)C(N)=C1C)C(=O)Nc1ccc(-c2ccccc2C#N)cc1)S(C)(=O)=O.O=C(O)C(F)(F)F. The lowest BCUT2D eigenvalue weighted by molar-refractivity contribution is -0.192. The molecule has 0 fully saturated rings. The molecule has 1 aliphatic rings. The summed E-state index contributed by atoms with van der Waals surface area (Å²) in [5, 5.41) is 31.6. The monoisotopic (exact) mass is 621 g/mol. The van der Waals surface area contributed by atoms with Gasteiger partial charge >= 0.3 is 12.1 Å². The first-order valence-corrected chi connectivity index (χ1v) is 14.4. The number of hydrogen-bond donors (Lipinski definition) is 4. The second kappa shape index (κ2) is 14.5. The topological polar surface area (TPSA) is 186 Å². The minimum Gasteiger partial charge on any atom is -0.475 e. The number of aliphatic carboxylic acids is 1. The van der Waals surface area contributed by atoms with E-state index in [9.17, 15) is 31.6 Å². The number of allylic oxidation sites excluding steroid dienone is 3. The number of nitrogens with zero attached hydrogens (tertiary/aromatic N) is 3. The fraction of sp³-hybridized carbons (Fsp3) is 0.286. The highest BCUT2D eigenvalue weighted by atomic mass is 32.2. The molecule has 0 heterocycles. The fourth-order valence-corrected chi connectivity index (χ4v) is 5.32. The molecule has 0 saturated carbocycles. The maximum atomic E-state index is 13.4. The molecule has 43 heavy (non-hydrogen) atoms. The number of likely N-dealkylation sites (N-methyl/N-ethyl adjacent to an activating group) is 1. The summed E-state index contributed by atoms with van der Waals surface area (Å²) in [7, 11) is -3.70.